The van der Waals surface area contributed by atoms with E-state index in [0.717, 1.165) is 31.4 Å². The number of benzene rings is 1. The maximum atomic E-state index is 12.4. The van der Waals surface area contributed by atoms with Gasteiger partial charge in [-0.1, -0.05) is 18.5 Å². The van der Waals surface area contributed by atoms with Crippen LogP contribution in [0.2, 0.25) is 5.02 Å². The third-order valence-corrected chi connectivity index (χ3v) is 5.67. The van der Waals surface area contributed by atoms with Crippen LogP contribution in [-0.2, 0) is 16.6 Å². The Kier molecular flexibility index (Phi) is 5.66. The van der Waals surface area contributed by atoms with E-state index in [4.69, 9.17) is 11.6 Å². The normalized spacial score (nSPS) is 16.9. The van der Waals surface area contributed by atoms with Gasteiger partial charge in [0.05, 0.1) is 4.90 Å². The molecule has 0 radical (unpaired) electrons. The van der Waals surface area contributed by atoms with Gasteiger partial charge in [0.2, 0.25) is 10.0 Å². The summed E-state index contributed by atoms with van der Waals surface area (Å²) in [5, 5.41) is 3.83. The lowest BCUT2D eigenvalue weighted by Crippen LogP contribution is -2.34. The number of hydrogen-bond acceptors (Lipinski definition) is 3. The van der Waals surface area contributed by atoms with Gasteiger partial charge in [0.25, 0.3) is 0 Å². The smallest absolute Gasteiger partial charge is 0.240 e. The number of rotatable bonds is 8. The third-order valence-electron chi connectivity index (χ3n) is 3.74. The second kappa shape index (κ2) is 7.09. The second-order valence-electron chi connectivity index (χ2n) is 5.68. The van der Waals surface area contributed by atoms with Crippen LogP contribution in [0.5, 0.6) is 0 Å². The van der Waals surface area contributed by atoms with E-state index in [2.05, 4.69) is 17.0 Å². The Morgan fingerprint density at radius 3 is 2.71 bits per heavy atom. The molecule has 0 saturated heterocycles. The molecule has 0 aromatic heterocycles. The SMILES string of the molecule is CCCNCc1cc(S(=O)(=O)NC(C)C2CC2)ccc1Cl. The summed E-state index contributed by atoms with van der Waals surface area (Å²) in [6, 6.07) is 4.87. The molecule has 0 aliphatic heterocycles. The number of hydrogen-bond donors (Lipinski definition) is 2. The van der Waals surface area contributed by atoms with Crippen molar-refractivity contribution >= 4 is 21.6 Å². The molecular formula is C15H23ClN2O2S. The molecule has 1 atom stereocenters. The number of nitrogens with one attached hydrogen (secondary N) is 2. The Bertz CT molecular complexity index is 585. The molecule has 1 saturated carbocycles. The van der Waals surface area contributed by atoms with Crippen molar-refractivity contribution in [1.82, 2.24) is 10.0 Å². The standard InChI is InChI=1S/C15H23ClN2O2S/c1-3-8-17-10-13-9-14(6-7-15(13)16)21(19,20)18-11(2)12-4-5-12/h6-7,9,11-12,17-18H,3-5,8,10H2,1-2H3. The Balaban J connectivity index is 2.12. The third kappa shape index (κ3) is 4.68. The molecule has 1 aromatic carbocycles. The van der Waals surface area contributed by atoms with Gasteiger partial charge in [-0.25, -0.2) is 13.1 Å². The fourth-order valence-corrected chi connectivity index (χ4v) is 3.81. The molecule has 6 heteroatoms. The maximum absolute atomic E-state index is 12.4. The highest BCUT2D eigenvalue weighted by Gasteiger charge is 2.31. The molecule has 0 amide bonds. The summed E-state index contributed by atoms with van der Waals surface area (Å²) in [6.45, 7) is 5.46. The number of sulfonamides is 1. The van der Waals surface area contributed by atoms with Crippen molar-refractivity contribution in [3.8, 4) is 0 Å². The molecule has 0 bridgehead atoms. The summed E-state index contributed by atoms with van der Waals surface area (Å²) in [4.78, 5) is 0.285. The molecule has 0 heterocycles. The largest absolute Gasteiger partial charge is 0.313 e. The highest BCUT2D eigenvalue weighted by Crippen LogP contribution is 2.33. The van der Waals surface area contributed by atoms with Gasteiger partial charge in [-0.15, -0.1) is 0 Å². The van der Waals surface area contributed by atoms with E-state index in [-0.39, 0.29) is 10.9 Å². The van der Waals surface area contributed by atoms with Crippen molar-refractivity contribution in [1.29, 1.82) is 0 Å². The Morgan fingerprint density at radius 1 is 1.38 bits per heavy atom. The summed E-state index contributed by atoms with van der Waals surface area (Å²) < 4.78 is 27.5. The summed E-state index contributed by atoms with van der Waals surface area (Å²) in [5.74, 6) is 0.484. The zero-order valence-corrected chi connectivity index (χ0v) is 14.1. The monoisotopic (exact) mass is 330 g/mol. The van der Waals surface area contributed by atoms with Crippen LogP contribution in [0.4, 0.5) is 0 Å². The predicted octanol–water partition coefficient (Wildman–Crippen LogP) is 2.92. The van der Waals surface area contributed by atoms with E-state index in [9.17, 15) is 8.42 Å². The van der Waals surface area contributed by atoms with E-state index in [1.165, 1.54) is 0 Å². The van der Waals surface area contributed by atoms with E-state index in [1.54, 1.807) is 18.2 Å². The van der Waals surface area contributed by atoms with Crippen molar-refractivity contribution in [2.24, 2.45) is 5.92 Å². The van der Waals surface area contributed by atoms with Crippen LogP contribution in [0.3, 0.4) is 0 Å². The van der Waals surface area contributed by atoms with Crippen LogP contribution in [0.15, 0.2) is 23.1 Å². The summed E-state index contributed by atoms with van der Waals surface area (Å²) in [6.07, 6.45) is 3.24. The first-order chi connectivity index (χ1) is 9.94. The zero-order chi connectivity index (χ0) is 15.5. The van der Waals surface area contributed by atoms with Gasteiger partial charge in [0, 0.05) is 17.6 Å². The highest BCUT2D eigenvalue weighted by molar-refractivity contribution is 7.89. The molecule has 0 spiro atoms. The van der Waals surface area contributed by atoms with Crippen molar-refractivity contribution in [3.05, 3.63) is 28.8 Å². The molecule has 2 rings (SSSR count). The Morgan fingerprint density at radius 2 is 2.10 bits per heavy atom. The molecule has 1 fully saturated rings. The molecule has 118 valence electrons. The van der Waals surface area contributed by atoms with E-state index in [0.29, 0.717) is 17.5 Å². The van der Waals surface area contributed by atoms with Crippen LogP contribution in [0.1, 0.15) is 38.7 Å². The maximum Gasteiger partial charge on any atom is 0.240 e. The minimum absolute atomic E-state index is 0.00709. The van der Waals surface area contributed by atoms with Gasteiger partial charge in [-0.3, -0.25) is 0 Å². The van der Waals surface area contributed by atoms with Crippen LogP contribution in [-0.4, -0.2) is 21.0 Å². The van der Waals surface area contributed by atoms with Crippen LogP contribution in [0, 0.1) is 5.92 Å². The fourth-order valence-electron chi connectivity index (χ4n) is 2.26. The first-order valence-electron chi connectivity index (χ1n) is 7.45. The average molecular weight is 331 g/mol. The highest BCUT2D eigenvalue weighted by atomic mass is 35.5. The van der Waals surface area contributed by atoms with Crippen molar-refractivity contribution in [3.63, 3.8) is 0 Å². The molecule has 1 aliphatic carbocycles. The van der Waals surface area contributed by atoms with Crippen LogP contribution >= 0.6 is 11.6 Å². The van der Waals surface area contributed by atoms with Gasteiger partial charge in [-0.05, 0) is 62.4 Å². The quantitative estimate of drug-likeness (QED) is 0.720. The van der Waals surface area contributed by atoms with E-state index in [1.807, 2.05) is 6.92 Å². The Labute approximate surface area is 132 Å². The summed E-state index contributed by atoms with van der Waals surface area (Å²) >= 11 is 6.14. The average Bonchev–Trinajstić information content (AvgIpc) is 3.24. The van der Waals surface area contributed by atoms with Crippen molar-refractivity contribution in [2.75, 3.05) is 6.54 Å². The fraction of sp³-hybridized carbons (Fsp3) is 0.600. The lowest BCUT2D eigenvalue weighted by Gasteiger charge is -2.14. The molecule has 1 aliphatic rings. The lowest BCUT2D eigenvalue weighted by atomic mass is 10.2. The van der Waals surface area contributed by atoms with Gasteiger partial charge in [0.1, 0.15) is 0 Å². The molecule has 4 nitrogen and oxygen atoms in total. The molecular weight excluding hydrogens is 308 g/mol. The topological polar surface area (TPSA) is 58.2 Å². The molecule has 2 N–H and O–H groups in total. The van der Waals surface area contributed by atoms with Crippen molar-refractivity contribution in [2.45, 2.75) is 50.6 Å². The lowest BCUT2D eigenvalue weighted by molar-refractivity contribution is 0.538. The first kappa shape index (κ1) is 16.7. The first-order valence-corrected chi connectivity index (χ1v) is 9.31. The van der Waals surface area contributed by atoms with E-state index < -0.39 is 10.0 Å². The molecule has 1 aromatic rings. The zero-order valence-electron chi connectivity index (χ0n) is 12.5. The van der Waals surface area contributed by atoms with E-state index >= 15 is 0 Å². The van der Waals surface area contributed by atoms with Gasteiger partial charge in [0.15, 0.2) is 0 Å². The predicted molar refractivity (Wildman–Crippen MR) is 86.0 cm³/mol. The van der Waals surface area contributed by atoms with Gasteiger partial charge >= 0.3 is 0 Å². The second-order valence-corrected chi connectivity index (χ2v) is 7.80. The molecule has 1 unspecified atom stereocenters. The van der Waals surface area contributed by atoms with Gasteiger partial charge in [-0.2, -0.15) is 0 Å². The van der Waals surface area contributed by atoms with Crippen LogP contribution < -0.4 is 10.0 Å². The number of halogens is 1. The summed E-state index contributed by atoms with van der Waals surface area (Å²) in [5.41, 5.74) is 0.812. The van der Waals surface area contributed by atoms with Gasteiger partial charge < -0.3 is 5.32 Å². The summed E-state index contributed by atoms with van der Waals surface area (Å²) in [7, 11) is -3.47. The van der Waals surface area contributed by atoms with Crippen molar-refractivity contribution < 1.29 is 8.42 Å². The minimum atomic E-state index is -3.47. The molecule has 21 heavy (non-hydrogen) atoms. The minimum Gasteiger partial charge on any atom is -0.313 e. The Hall–Kier alpha value is -0.620. The van der Waals surface area contributed by atoms with Crippen LogP contribution in [0.25, 0.3) is 0 Å².